The number of carbonyl (C=O) groups excluding carboxylic acids is 2. The monoisotopic (exact) mass is 296 g/mol. The van der Waals surface area contributed by atoms with Gasteiger partial charge in [-0.2, -0.15) is 0 Å². The van der Waals surface area contributed by atoms with Gasteiger partial charge in [0.15, 0.2) is 0 Å². The fraction of sp³-hybridized carbons (Fsp3) is 0.750. The average molecular weight is 296 g/mol. The minimum Gasteiger partial charge on any atom is -0.369 e. The summed E-state index contributed by atoms with van der Waals surface area (Å²) in [5, 5.41) is 0. The number of carbonyl (C=O) groups is 2. The van der Waals surface area contributed by atoms with Crippen LogP contribution in [-0.4, -0.2) is 34.2 Å². The van der Waals surface area contributed by atoms with Crippen LogP contribution in [0, 0.1) is 5.92 Å². The lowest BCUT2D eigenvalue weighted by molar-refractivity contribution is -0.132. The zero-order valence-corrected chi connectivity index (χ0v) is 9.49. The maximum atomic E-state index is 11.3. The standard InChI is InChI=1S/C8H13IN2O2/c9-4-7(12)11-3-1-2-6(5-11)8(10)13/h6H,1-5H2,(H2,10,13). The molecule has 0 aromatic carbocycles. The van der Waals surface area contributed by atoms with E-state index in [0.717, 1.165) is 19.4 Å². The number of amides is 2. The summed E-state index contributed by atoms with van der Waals surface area (Å²) in [6, 6.07) is 0. The molecule has 2 amide bonds. The van der Waals surface area contributed by atoms with Crippen LogP contribution < -0.4 is 5.73 Å². The van der Waals surface area contributed by atoms with E-state index in [2.05, 4.69) is 0 Å². The highest BCUT2D eigenvalue weighted by Crippen LogP contribution is 2.16. The number of hydrogen-bond acceptors (Lipinski definition) is 2. The van der Waals surface area contributed by atoms with Crippen molar-refractivity contribution >= 4 is 34.4 Å². The largest absolute Gasteiger partial charge is 0.369 e. The molecule has 1 fully saturated rings. The van der Waals surface area contributed by atoms with Crippen LogP contribution in [-0.2, 0) is 9.59 Å². The van der Waals surface area contributed by atoms with Crippen LogP contribution in [0.2, 0.25) is 0 Å². The molecule has 0 bridgehead atoms. The van der Waals surface area contributed by atoms with Gasteiger partial charge in [0.25, 0.3) is 0 Å². The van der Waals surface area contributed by atoms with Crippen molar-refractivity contribution in [2.45, 2.75) is 12.8 Å². The number of hydrogen-bond donors (Lipinski definition) is 1. The molecular weight excluding hydrogens is 283 g/mol. The van der Waals surface area contributed by atoms with E-state index in [9.17, 15) is 9.59 Å². The number of primary amides is 1. The van der Waals surface area contributed by atoms with E-state index in [1.54, 1.807) is 4.90 Å². The maximum Gasteiger partial charge on any atom is 0.232 e. The molecule has 1 rings (SSSR count). The molecule has 1 aliphatic rings. The quantitative estimate of drug-likeness (QED) is 0.582. The van der Waals surface area contributed by atoms with Crippen LogP contribution in [0.1, 0.15) is 12.8 Å². The smallest absolute Gasteiger partial charge is 0.232 e. The summed E-state index contributed by atoms with van der Waals surface area (Å²) in [6.45, 7) is 1.28. The van der Waals surface area contributed by atoms with Crippen molar-refractivity contribution in [2.24, 2.45) is 11.7 Å². The fourth-order valence-corrected chi connectivity index (χ4v) is 2.00. The Kier molecular flexibility index (Phi) is 3.95. The Morgan fingerprint density at radius 1 is 1.54 bits per heavy atom. The van der Waals surface area contributed by atoms with Gasteiger partial charge in [0.05, 0.1) is 10.3 Å². The van der Waals surface area contributed by atoms with Crippen molar-refractivity contribution in [3.8, 4) is 0 Å². The molecule has 5 heteroatoms. The summed E-state index contributed by atoms with van der Waals surface area (Å²) in [6.07, 6.45) is 1.70. The normalized spacial score (nSPS) is 22.8. The number of alkyl halides is 1. The zero-order valence-electron chi connectivity index (χ0n) is 7.33. The maximum absolute atomic E-state index is 11.3. The molecule has 1 heterocycles. The molecule has 13 heavy (non-hydrogen) atoms. The Bertz CT molecular complexity index is 220. The Hall–Kier alpha value is -0.330. The summed E-state index contributed by atoms with van der Waals surface area (Å²) >= 11 is 2.03. The first-order chi connectivity index (χ1) is 6.15. The first-order valence-electron chi connectivity index (χ1n) is 4.28. The summed E-state index contributed by atoms with van der Waals surface area (Å²) in [4.78, 5) is 23.9. The van der Waals surface area contributed by atoms with Gasteiger partial charge in [-0.3, -0.25) is 9.59 Å². The fourth-order valence-electron chi connectivity index (χ4n) is 1.52. The third-order valence-corrected chi connectivity index (χ3v) is 2.94. The van der Waals surface area contributed by atoms with Gasteiger partial charge >= 0.3 is 0 Å². The molecule has 2 N–H and O–H groups in total. The Morgan fingerprint density at radius 3 is 2.77 bits per heavy atom. The number of halogens is 1. The second-order valence-electron chi connectivity index (χ2n) is 3.21. The first kappa shape index (κ1) is 10.7. The van der Waals surface area contributed by atoms with E-state index < -0.39 is 0 Å². The number of rotatable bonds is 2. The predicted octanol–water partition coefficient (Wildman–Crippen LogP) is 0.145. The van der Waals surface area contributed by atoms with Crippen LogP contribution in [0.25, 0.3) is 0 Å². The van der Waals surface area contributed by atoms with E-state index in [-0.39, 0.29) is 17.7 Å². The van der Waals surface area contributed by atoms with Crippen molar-refractivity contribution in [1.82, 2.24) is 4.90 Å². The predicted molar refractivity (Wildman–Crippen MR) is 57.4 cm³/mol. The minimum absolute atomic E-state index is 0.103. The number of nitrogens with two attached hydrogens (primary N) is 1. The molecule has 0 saturated carbocycles. The molecule has 1 saturated heterocycles. The SMILES string of the molecule is NC(=O)C1CCCN(C(=O)CI)C1. The van der Waals surface area contributed by atoms with Gasteiger partial charge in [0.2, 0.25) is 11.8 Å². The van der Waals surface area contributed by atoms with E-state index in [4.69, 9.17) is 5.73 Å². The van der Waals surface area contributed by atoms with Gasteiger partial charge in [-0.05, 0) is 12.8 Å². The molecule has 1 atom stereocenters. The van der Waals surface area contributed by atoms with Gasteiger partial charge in [-0.1, -0.05) is 22.6 Å². The van der Waals surface area contributed by atoms with Crippen LogP contribution in [0.3, 0.4) is 0 Å². The first-order valence-corrected chi connectivity index (χ1v) is 5.80. The van der Waals surface area contributed by atoms with Gasteiger partial charge in [-0.25, -0.2) is 0 Å². The van der Waals surface area contributed by atoms with Crippen molar-refractivity contribution in [1.29, 1.82) is 0 Å². The Balaban J connectivity index is 2.51. The van der Waals surface area contributed by atoms with E-state index in [1.807, 2.05) is 22.6 Å². The lowest BCUT2D eigenvalue weighted by atomic mass is 9.97. The average Bonchev–Trinajstić information content (AvgIpc) is 2.17. The summed E-state index contributed by atoms with van der Waals surface area (Å²) in [5.41, 5.74) is 5.19. The lowest BCUT2D eigenvalue weighted by Crippen LogP contribution is -2.44. The summed E-state index contributed by atoms with van der Waals surface area (Å²) in [5.74, 6) is -0.321. The third-order valence-electron chi connectivity index (χ3n) is 2.29. The molecule has 0 aromatic rings. The van der Waals surface area contributed by atoms with E-state index in [1.165, 1.54) is 0 Å². The molecule has 0 spiro atoms. The molecule has 0 aliphatic carbocycles. The molecule has 1 aliphatic heterocycles. The second kappa shape index (κ2) is 4.78. The van der Waals surface area contributed by atoms with Crippen molar-refractivity contribution in [3.63, 3.8) is 0 Å². The lowest BCUT2D eigenvalue weighted by Gasteiger charge is -2.30. The molecular formula is C8H13IN2O2. The van der Waals surface area contributed by atoms with Crippen LogP contribution >= 0.6 is 22.6 Å². The van der Waals surface area contributed by atoms with Crippen LogP contribution in [0.5, 0.6) is 0 Å². The summed E-state index contributed by atoms with van der Waals surface area (Å²) < 4.78 is 0.475. The van der Waals surface area contributed by atoms with E-state index in [0.29, 0.717) is 11.0 Å². The highest BCUT2D eigenvalue weighted by atomic mass is 127. The molecule has 0 aromatic heterocycles. The van der Waals surface area contributed by atoms with Crippen LogP contribution in [0.15, 0.2) is 0 Å². The summed E-state index contributed by atoms with van der Waals surface area (Å²) in [7, 11) is 0. The topological polar surface area (TPSA) is 63.4 Å². The minimum atomic E-state index is -0.286. The Labute approximate surface area is 91.0 Å². The van der Waals surface area contributed by atoms with E-state index >= 15 is 0 Å². The van der Waals surface area contributed by atoms with Gasteiger partial charge < -0.3 is 10.6 Å². The molecule has 1 unspecified atom stereocenters. The molecule has 0 radical (unpaired) electrons. The highest BCUT2D eigenvalue weighted by Gasteiger charge is 2.25. The van der Waals surface area contributed by atoms with Crippen molar-refractivity contribution < 1.29 is 9.59 Å². The number of likely N-dealkylation sites (tertiary alicyclic amines) is 1. The van der Waals surface area contributed by atoms with Crippen LogP contribution in [0.4, 0.5) is 0 Å². The van der Waals surface area contributed by atoms with Gasteiger partial charge in [-0.15, -0.1) is 0 Å². The second-order valence-corrected chi connectivity index (χ2v) is 3.98. The van der Waals surface area contributed by atoms with Crippen molar-refractivity contribution in [2.75, 3.05) is 17.5 Å². The zero-order chi connectivity index (χ0) is 9.84. The van der Waals surface area contributed by atoms with Crippen molar-refractivity contribution in [3.05, 3.63) is 0 Å². The third kappa shape index (κ3) is 2.82. The number of nitrogens with zero attached hydrogens (tertiary/aromatic N) is 1. The number of piperidine rings is 1. The van der Waals surface area contributed by atoms with Gasteiger partial charge in [0.1, 0.15) is 0 Å². The molecule has 74 valence electrons. The highest BCUT2D eigenvalue weighted by molar-refractivity contribution is 14.1. The Morgan fingerprint density at radius 2 is 2.23 bits per heavy atom. The molecule has 4 nitrogen and oxygen atoms in total. The van der Waals surface area contributed by atoms with Gasteiger partial charge in [0, 0.05) is 13.1 Å².